The third-order valence-corrected chi connectivity index (χ3v) is 0.709. The van der Waals surface area contributed by atoms with E-state index in [2.05, 4.69) is 16.6 Å². The Labute approximate surface area is 55.2 Å². The number of carbonyl (C=O) groups excluding carboxylic acids is 1. The summed E-state index contributed by atoms with van der Waals surface area (Å²) in [6.45, 7) is 3.56. The molecule has 0 saturated carbocycles. The molecule has 0 atom stereocenters. The second-order valence-electron chi connectivity index (χ2n) is 1.52. The molecule has 0 aromatic rings. The van der Waals surface area contributed by atoms with Crippen LogP contribution >= 0.6 is 0 Å². The molecule has 0 amide bonds. The number of esters is 1. The van der Waals surface area contributed by atoms with Crippen molar-refractivity contribution in [3.05, 3.63) is 0 Å². The quantitative estimate of drug-likeness (QED) is 0.313. The maximum absolute atomic E-state index is 10.1. The predicted molar refractivity (Wildman–Crippen MR) is 34.7 cm³/mol. The van der Waals surface area contributed by atoms with Crippen LogP contribution in [0.2, 0.25) is 0 Å². The highest BCUT2D eigenvalue weighted by molar-refractivity contribution is 5.65. The van der Waals surface area contributed by atoms with E-state index in [0.717, 1.165) is 0 Å². The molecule has 0 aromatic carbocycles. The Balaban J connectivity index is 3.07. The summed E-state index contributed by atoms with van der Waals surface area (Å²) in [5, 5.41) is 0. The summed E-state index contributed by atoms with van der Waals surface area (Å²) in [7, 11) is 0. The van der Waals surface area contributed by atoms with Gasteiger partial charge in [-0.05, 0) is 6.92 Å². The summed E-state index contributed by atoms with van der Waals surface area (Å²) >= 11 is 0. The molecular formula is C7H10O2. The number of hydrogen-bond acceptors (Lipinski definition) is 2. The lowest BCUT2D eigenvalue weighted by Gasteiger charge is -1.93. The van der Waals surface area contributed by atoms with Crippen molar-refractivity contribution in [2.45, 2.75) is 20.3 Å². The molecule has 0 radical (unpaired) electrons. The van der Waals surface area contributed by atoms with Crippen molar-refractivity contribution in [1.82, 2.24) is 0 Å². The molecule has 2 nitrogen and oxygen atoms in total. The SMILES string of the molecule is CC#CCCOC(C)=O. The molecule has 50 valence electrons. The molecule has 0 rings (SSSR count). The van der Waals surface area contributed by atoms with Crippen LogP contribution in [0.5, 0.6) is 0 Å². The Hall–Kier alpha value is -0.970. The zero-order valence-electron chi connectivity index (χ0n) is 5.73. The van der Waals surface area contributed by atoms with E-state index in [4.69, 9.17) is 0 Å². The van der Waals surface area contributed by atoms with Gasteiger partial charge in [0.05, 0.1) is 0 Å². The predicted octanol–water partition coefficient (Wildman–Crippen LogP) is 0.963. The average molecular weight is 126 g/mol. The Morgan fingerprint density at radius 3 is 2.78 bits per heavy atom. The first-order valence-electron chi connectivity index (χ1n) is 2.80. The summed E-state index contributed by atoms with van der Waals surface area (Å²) in [6, 6.07) is 0. The van der Waals surface area contributed by atoms with E-state index in [1.165, 1.54) is 6.92 Å². The molecule has 0 N–H and O–H groups in total. The summed E-state index contributed by atoms with van der Waals surface area (Å²) in [5.74, 6) is 5.23. The second kappa shape index (κ2) is 5.17. The van der Waals surface area contributed by atoms with E-state index in [1.54, 1.807) is 6.92 Å². The van der Waals surface area contributed by atoms with Crippen LogP contribution in [0, 0.1) is 11.8 Å². The van der Waals surface area contributed by atoms with Crippen LogP contribution in [0.3, 0.4) is 0 Å². The topological polar surface area (TPSA) is 26.3 Å². The van der Waals surface area contributed by atoms with Crippen LogP contribution in [0.1, 0.15) is 20.3 Å². The standard InChI is InChI=1S/C7H10O2/c1-3-4-5-6-9-7(2)8/h5-6H2,1-2H3. The Bertz CT molecular complexity index is 139. The van der Waals surface area contributed by atoms with E-state index in [9.17, 15) is 4.79 Å². The Morgan fingerprint density at radius 2 is 2.33 bits per heavy atom. The molecule has 0 heterocycles. The Morgan fingerprint density at radius 1 is 1.67 bits per heavy atom. The minimum atomic E-state index is -0.243. The van der Waals surface area contributed by atoms with E-state index < -0.39 is 0 Å². The lowest BCUT2D eigenvalue weighted by molar-refractivity contribution is -0.140. The van der Waals surface area contributed by atoms with E-state index in [0.29, 0.717) is 13.0 Å². The first kappa shape index (κ1) is 8.03. The summed E-state index contributed by atoms with van der Waals surface area (Å²) in [4.78, 5) is 10.1. The van der Waals surface area contributed by atoms with Gasteiger partial charge in [0.1, 0.15) is 6.61 Å². The average Bonchev–Trinajstić information content (AvgIpc) is 1.80. The van der Waals surface area contributed by atoms with Gasteiger partial charge >= 0.3 is 5.97 Å². The third-order valence-electron chi connectivity index (χ3n) is 0.709. The monoisotopic (exact) mass is 126 g/mol. The normalized spacial score (nSPS) is 7.33. The highest BCUT2D eigenvalue weighted by Gasteiger charge is 1.87. The van der Waals surface area contributed by atoms with E-state index in [1.807, 2.05) is 0 Å². The van der Waals surface area contributed by atoms with Crippen molar-refractivity contribution in [2.75, 3.05) is 6.61 Å². The van der Waals surface area contributed by atoms with E-state index in [-0.39, 0.29) is 5.97 Å². The molecule has 0 aliphatic carbocycles. The first-order chi connectivity index (χ1) is 4.27. The zero-order chi connectivity index (χ0) is 7.11. The lowest BCUT2D eigenvalue weighted by atomic mass is 10.4. The molecule has 0 spiro atoms. The van der Waals surface area contributed by atoms with Gasteiger partial charge < -0.3 is 4.74 Å². The maximum atomic E-state index is 10.1. The van der Waals surface area contributed by atoms with Gasteiger partial charge in [-0.25, -0.2) is 0 Å². The molecule has 9 heavy (non-hydrogen) atoms. The summed E-state index contributed by atoms with van der Waals surface area (Å²) < 4.78 is 4.60. The molecular weight excluding hydrogens is 116 g/mol. The number of carbonyl (C=O) groups is 1. The van der Waals surface area contributed by atoms with Crippen molar-refractivity contribution in [3.8, 4) is 11.8 Å². The van der Waals surface area contributed by atoms with Crippen LogP contribution in [-0.4, -0.2) is 12.6 Å². The molecule has 0 fully saturated rings. The molecule has 0 saturated heterocycles. The van der Waals surface area contributed by atoms with Crippen LogP contribution < -0.4 is 0 Å². The molecule has 0 bridgehead atoms. The zero-order valence-corrected chi connectivity index (χ0v) is 5.73. The molecule has 0 unspecified atom stereocenters. The molecule has 0 aromatic heterocycles. The fourth-order valence-corrected chi connectivity index (χ4v) is 0.371. The van der Waals surface area contributed by atoms with Gasteiger partial charge in [0.15, 0.2) is 0 Å². The second-order valence-corrected chi connectivity index (χ2v) is 1.52. The fourth-order valence-electron chi connectivity index (χ4n) is 0.371. The van der Waals surface area contributed by atoms with Crippen LogP contribution in [0.4, 0.5) is 0 Å². The van der Waals surface area contributed by atoms with Gasteiger partial charge in [-0.3, -0.25) is 4.79 Å². The lowest BCUT2D eigenvalue weighted by Crippen LogP contribution is -1.98. The Kier molecular flexibility index (Phi) is 4.61. The number of hydrogen-bond donors (Lipinski definition) is 0. The van der Waals surface area contributed by atoms with Crippen LogP contribution in [0.15, 0.2) is 0 Å². The number of ether oxygens (including phenoxy) is 1. The highest BCUT2D eigenvalue weighted by atomic mass is 16.5. The van der Waals surface area contributed by atoms with Crippen molar-refractivity contribution in [1.29, 1.82) is 0 Å². The summed E-state index contributed by atoms with van der Waals surface area (Å²) in [5.41, 5.74) is 0. The van der Waals surface area contributed by atoms with E-state index >= 15 is 0 Å². The largest absolute Gasteiger partial charge is 0.465 e. The van der Waals surface area contributed by atoms with Crippen molar-refractivity contribution >= 4 is 5.97 Å². The molecule has 2 heteroatoms. The number of rotatable bonds is 2. The molecule has 0 aliphatic heterocycles. The van der Waals surface area contributed by atoms with Gasteiger partial charge in [0, 0.05) is 13.3 Å². The van der Waals surface area contributed by atoms with Crippen molar-refractivity contribution in [3.63, 3.8) is 0 Å². The van der Waals surface area contributed by atoms with Gasteiger partial charge in [0.25, 0.3) is 0 Å². The van der Waals surface area contributed by atoms with Gasteiger partial charge in [-0.1, -0.05) is 0 Å². The van der Waals surface area contributed by atoms with Crippen LogP contribution in [0.25, 0.3) is 0 Å². The third kappa shape index (κ3) is 7.03. The summed E-state index contributed by atoms with van der Waals surface area (Å²) in [6.07, 6.45) is 0.635. The van der Waals surface area contributed by atoms with Crippen molar-refractivity contribution < 1.29 is 9.53 Å². The first-order valence-corrected chi connectivity index (χ1v) is 2.80. The maximum Gasteiger partial charge on any atom is 0.302 e. The fraction of sp³-hybridized carbons (Fsp3) is 0.571. The van der Waals surface area contributed by atoms with Crippen molar-refractivity contribution in [2.24, 2.45) is 0 Å². The van der Waals surface area contributed by atoms with Gasteiger partial charge in [0.2, 0.25) is 0 Å². The van der Waals surface area contributed by atoms with Gasteiger partial charge in [-0.2, -0.15) is 0 Å². The van der Waals surface area contributed by atoms with Crippen LogP contribution in [-0.2, 0) is 9.53 Å². The minimum Gasteiger partial charge on any atom is -0.465 e. The molecule has 0 aliphatic rings. The highest BCUT2D eigenvalue weighted by Crippen LogP contribution is 1.79. The smallest absolute Gasteiger partial charge is 0.302 e. The van der Waals surface area contributed by atoms with Gasteiger partial charge in [-0.15, -0.1) is 11.8 Å². The minimum absolute atomic E-state index is 0.243.